The van der Waals surface area contributed by atoms with Crippen molar-refractivity contribution in [2.24, 2.45) is 4.99 Å². The van der Waals surface area contributed by atoms with Gasteiger partial charge in [-0.15, -0.1) is 24.0 Å². The molecule has 1 heterocycles. The van der Waals surface area contributed by atoms with Gasteiger partial charge in [0.15, 0.2) is 5.96 Å². The highest BCUT2D eigenvalue weighted by molar-refractivity contribution is 14.0. The Bertz CT molecular complexity index is 790. The zero-order valence-corrected chi connectivity index (χ0v) is 20.9. The largest absolute Gasteiger partial charge is 0.352 e. The number of rotatable bonds is 6. The SMILES string of the molecule is CN=C(NCc1ccc(CN2CCCN(C)CC2)cc1)NCc1ccccc1C.I. The van der Waals surface area contributed by atoms with Gasteiger partial charge in [-0.25, -0.2) is 0 Å². The van der Waals surface area contributed by atoms with Crippen molar-refractivity contribution in [2.75, 3.05) is 40.3 Å². The molecular weight excluding hydrogens is 485 g/mol. The molecule has 0 spiro atoms. The fraction of sp³-hybridized carbons (Fsp3) is 0.458. The summed E-state index contributed by atoms with van der Waals surface area (Å²) in [6.07, 6.45) is 1.26. The van der Waals surface area contributed by atoms with Gasteiger partial charge in [0.05, 0.1) is 0 Å². The van der Waals surface area contributed by atoms with Gasteiger partial charge in [0.25, 0.3) is 0 Å². The van der Waals surface area contributed by atoms with E-state index < -0.39 is 0 Å². The Balaban J connectivity index is 0.00000320. The number of benzene rings is 2. The van der Waals surface area contributed by atoms with Crippen molar-refractivity contribution in [3.05, 3.63) is 70.8 Å². The van der Waals surface area contributed by atoms with E-state index in [-0.39, 0.29) is 24.0 Å². The third kappa shape index (κ3) is 7.89. The minimum atomic E-state index is 0. The third-order valence-electron chi connectivity index (χ3n) is 5.63. The van der Waals surface area contributed by atoms with Crippen molar-refractivity contribution in [1.29, 1.82) is 0 Å². The van der Waals surface area contributed by atoms with E-state index in [9.17, 15) is 0 Å². The van der Waals surface area contributed by atoms with E-state index in [4.69, 9.17) is 0 Å². The highest BCUT2D eigenvalue weighted by atomic mass is 127. The molecule has 0 amide bonds. The predicted molar refractivity (Wildman–Crippen MR) is 137 cm³/mol. The molecule has 3 rings (SSSR count). The molecule has 1 fully saturated rings. The maximum absolute atomic E-state index is 4.34. The van der Waals surface area contributed by atoms with E-state index in [0.717, 1.165) is 38.7 Å². The fourth-order valence-electron chi connectivity index (χ4n) is 3.67. The quantitative estimate of drug-likeness (QED) is 0.347. The lowest BCUT2D eigenvalue weighted by atomic mass is 10.1. The minimum absolute atomic E-state index is 0. The van der Waals surface area contributed by atoms with Crippen LogP contribution >= 0.6 is 24.0 Å². The standard InChI is InChI=1S/C24H35N5.HI/c1-20-7-4-5-8-23(20)18-27-24(25-2)26-17-21-9-11-22(12-10-21)19-29-14-6-13-28(3)15-16-29;/h4-5,7-12H,6,13-19H2,1-3H3,(H2,25,26,27);1H. The maximum Gasteiger partial charge on any atom is 0.191 e. The zero-order valence-electron chi connectivity index (χ0n) is 18.5. The summed E-state index contributed by atoms with van der Waals surface area (Å²) in [6.45, 7) is 9.44. The Morgan fingerprint density at radius 3 is 2.33 bits per heavy atom. The van der Waals surface area contributed by atoms with Crippen LogP contribution in [0.3, 0.4) is 0 Å². The lowest BCUT2D eigenvalue weighted by Gasteiger charge is -2.20. The molecular formula is C24H36IN5. The molecule has 1 aliphatic rings. The fourth-order valence-corrected chi connectivity index (χ4v) is 3.67. The molecule has 0 radical (unpaired) electrons. The first-order chi connectivity index (χ1) is 14.1. The van der Waals surface area contributed by atoms with Crippen LogP contribution in [0.15, 0.2) is 53.5 Å². The summed E-state index contributed by atoms with van der Waals surface area (Å²) >= 11 is 0. The van der Waals surface area contributed by atoms with Crippen molar-refractivity contribution in [2.45, 2.75) is 33.0 Å². The Morgan fingerprint density at radius 1 is 0.900 bits per heavy atom. The van der Waals surface area contributed by atoms with Crippen LogP contribution in [0.4, 0.5) is 0 Å². The molecule has 2 aromatic carbocycles. The van der Waals surface area contributed by atoms with Crippen LogP contribution in [0, 0.1) is 6.92 Å². The molecule has 0 atom stereocenters. The van der Waals surface area contributed by atoms with E-state index in [1.54, 1.807) is 0 Å². The molecule has 0 aliphatic carbocycles. The van der Waals surface area contributed by atoms with E-state index in [0.29, 0.717) is 0 Å². The van der Waals surface area contributed by atoms with Gasteiger partial charge in [0.1, 0.15) is 0 Å². The smallest absolute Gasteiger partial charge is 0.191 e. The van der Waals surface area contributed by atoms with E-state index in [2.05, 4.69) is 87.9 Å². The number of hydrogen-bond donors (Lipinski definition) is 2. The Morgan fingerprint density at radius 2 is 1.60 bits per heavy atom. The average molecular weight is 521 g/mol. The second kappa shape index (κ2) is 12.9. The topological polar surface area (TPSA) is 42.9 Å². The summed E-state index contributed by atoms with van der Waals surface area (Å²) < 4.78 is 0. The van der Waals surface area contributed by atoms with E-state index in [1.807, 2.05) is 7.05 Å². The Hall–Kier alpha value is -1.64. The summed E-state index contributed by atoms with van der Waals surface area (Å²) in [5.41, 5.74) is 5.24. The number of likely N-dealkylation sites (N-methyl/N-ethyl adjacent to an activating group) is 1. The van der Waals surface area contributed by atoms with Crippen molar-refractivity contribution < 1.29 is 0 Å². The average Bonchev–Trinajstić information content (AvgIpc) is 2.94. The molecule has 2 N–H and O–H groups in total. The predicted octanol–water partition coefficient (Wildman–Crippen LogP) is 3.62. The Kier molecular flexibility index (Phi) is 10.6. The van der Waals surface area contributed by atoms with Crippen LogP contribution in [0.25, 0.3) is 0 Å². The van der Waals surface area contributed by atoms with Crippen molar-refractivity contribution in [3.8, 4) is 0 Å². The van der Waals surface area contributed by atoms with Crippen LogP contribution in [-0.2, 0) is 19.6 Å². The lowest BCUT2D eigenvalue weighted by Crippen LogP contribution is -2.36. The molecule has 30 heavy (non-hydrogen) atoms. The summed E-state index contributed by atoms with van der Waals surface area (Å²) in [5.74, 6) is 0.825. The third-order valence-corrected chi connectivity index (χ3v) is 5.63. The summed E-state index contributed by atoms with van der Waals surface area (Å²) in [5, 5.41) is 6.81. The van der Waals surface area contributed by atoms with Gasteiger partial charge in [0.2, 0.25) is 0 Å². The molecule has 6 heteroatoms. The second-order valence-corrected chi connectivity index (χ2v) is 7.96. The molecule has 0 bridgehead atoms. The number of nitrogens with one attached hydrogen (secondary N) is 2. The maximum atomic E-state index is 4.34. The number of nitrogens with zero attached hydrogens (tertiary/aromatic N) is 3. The van der Waals surface area contributed by atoms with Gasteiger partial charge in [-0.05, 0) is 55.7 Å². The lowest BCUT2D eigenvalue weighted by molar-refractivity contribution is 0.269. The molecule has 2 aromatic rings. The highest BCUT2D eigenvalue weighted by Gasteiger charge is 2.12. The molecule has 5 nitrogen and oxygen atoms in total. The van der Waals surface area contributed by atoms with Crippen molar-refractivity contribution in [1.82, 2.24) is 20.4 Å². The van der Waals surface area contributed by atoms with Gasteiger partial charge in [-0.3, -0.25) is 9.89 Å². The highest BCUT2D eigenvalue weighted by Crippen LogP contribution is 2.10. The van der Waals surface area contributed by atoms with Crippen LogP contribution in [0.5, 0.6) is 0 Å². The monoisotopic (exact) mass is 521 g/mol. The molecule has 0 unspecified atom stereocenters. The zero-order chi connectivity index (χ0) is 20.5. The van der Waals surface area contributed by atoms with Crippen LogP contribution in [0.2, 0.25) is 0 Å². The van der Waals surface area contributed by atoms with Gasteiger partial charge in [-0.1, -0.05) is 48.5 Å². The van der Waals surface area contributed by atoms with Crippen LogP contribution < -0.4 is 10.6 Å². The summed E-state index contributed by atoms with van der Waals surface area (Å²) in [6, 6.07) is 17.4. The minimum Gasteiger partial charge on any atom is -0.352 e. The summed E-state index contributed by atoms with van der Waals surface area (Å²) in [4.78, 5) is 9.33. The molecule has 1 saturated heterocycles. The van der Waals surface area contributed by atoms with Gasteiger partial charge < -0.3 is 15.5 Å². The molecule has 164 valence electrons. The normalized spacial score (nSPS) is 15.9. The first-order valence-electron chi connectivity index (χ1n) is 10.6. The molecule has 1 aliphatic heterocycles. The van der Waals surface area contributed by atoms with Gasteiger partial charge in [-0.2, -0.15) is 0 Å². The number of hydrogen-bond acceptors (Lipinski definition) is 3. The van der Waals surface area contributed by atoms with Gasteiger partial charge >= 0.3 is 0 Å². The number of aryl methyl sites for hydroxylation is 1. The van der Waals surface area contributed by atoms with E-state index >= 15 is 0 Å². The van der Waals surface area contributed by atoms with Crippen molar-refractivity contribution >= 4 is 29.9 Å². The second-order valence-electron chi connectivity index (χ2n) is 7.96. The first-order valence-corrected chi connectivity index (χ1v) is 10.6. The first kappa shape index (κ1) is 24.6. The number of aliphatic imine (C=N–C) groups is 1. The molecule has 0 aromatic heterocycles. The summed E-state index contributed by atoms with van der Waals surface area (Å²) in [7, 11) is 4.03. The Labute approximate surface area is 199 Å². The number of halogens is 1. The van der Waals surface area contributed by atoms with Crippen molar-refractivity contribution in [3.63, 3.8) is 0 Å². The van der Waals surface area contributed by atoms with Crippen LogP contribution in [-0.4, -0.2) is 56.0 Å². The van der Waals surface area contributed by atoms with E-state index in [1.165, 1.54) is 41.8 Å². The van der Waals surface area contributed by atoms with Gasteiger partial charge in [0, 0.05) is 39.8 Å². The number of guanidine groups is 1. The molecule has 0 saturated carbocycles. The van der Waals surface area contributed by atoms with Crippen LogP contribution in [0.1, 0.15) is 28.7 Å².